The molecule has 2 N–H and O–H groups in total. The summed E-state index contributed by atoms with van der Waals surface area (Å²) in [5.74, 6) is -1.12. The Balaban J connectivity index is 2.01. The van der Waals surface area contributed by atoms with E-state index in [9.17, 15) is 14.7 Å². The molecule has 1 aromatic carbocycles. The molecule has 0 atom stereocenters. The highest BCUT2D eigenvalue weighted by Crippen LogP contribution is 2.15. The average molecular weight is 322 g/mol. The average Bonchev–Trinajstić information content (AvgIpc) is 2.55. The summed E-state index contributed by atoms with van der Waals surface area (Å²) in [7, 11) is 0. The number of amides is 1. The Morgan fingerprint density at radius 3 is 2.75 bits per heavy atom. The number of hydrogen-bond acceptors (Lipinski definition) is 5. The van der Waals surface area contributed by atoms with Crippen LogP contribution in [0.25, 0.3) is 5.69 Å². The van der Waals surface area contributed by atoms with E-state index in [1.54, 1.807) is 36.5 Å². The number of aromatic nitrogens is 3. The summed E-state index contributed by atoms with van der Waals surface area (Å²) >= 11 is 0. The van der Waals surface area contributed by atoms with Crippen LogP contribution in [0.3, 0.4) is 0 Å². The third-order valence-electron chi connectivity index (χ3n) is 3.29. The summed E-state index contributed by atoms with van der Waals surface area (Å²) < 4.78 is 1.07. The van der Waals surface area contributed by atoms with Crippen molar-refractivity contribution in [2.75, 3.05) is 5.32 Å². The SMILES string of the molecule is Cc1cccc(-n2nc(C(=O)Nc3cccnc3)c(O)cc2=O)c1. The first-order valence-electron chi connectivity index (χ1n) is 7.16. The molecular weight excluding hydrogens is 308 g/mol. The Kier molecular flexibility index (Phi) is 4.07. The largest absolute Gasteiger partial charge is 0.505 e. The van der Waals surface area contributed by atoms with Crippen LogP contribution in [0.2, 0.25) is 0 Å². The van der Waals surface area contributed by atoms with Gasteiger partial charge >= 0.3 is 0 Å². The number of nitrogens with one attached hydrogen (secondary N) is 1. The fourth-order valence-electron chi connectivity index (χ4n) is 2.18. The van der Waals surface area contributed by atoms with Gasteiger partial charge in [0, 0.05) is 12.3 Å². The summed E-state index contributed by atoms with van der Waals surface area (Å²) in [6.07, 6.45) is 3.04. The van der Waals surface area contributed by atoms with E-state index in [4.69, 9.17) is 0 Å². The number of carbonyl (C=O) groups is 1. The Bertz CT molecular complexity index is 952. The molecule has 0 fully saturated rings. The Labute approximate surface area is 137 Å². The molecule has 120 valence electrons. The highest BCUT2D eigenvalue weighted by Gasteiger charge is 2.17. The van der Waals surface area contributed by atoms with Crippen molar-refractivity contribution in [3.05, 3.63) is 76.5 Å². The molecule has 0 aliphatic carbocycles. The molecule has 0 spiro atoms. The van der Waals surface area contributed by atoms with E-state index in [1.807, 2.05) is 13.0 Å². The topological polar surface area (TPSA) is 97.1 Å². The summed E-state index contributed by atoms with van der Waals surface area (Å²) in [5.41, 5.74) is 1.12. The van der Waals surface area contributed by atoms with Gasteiger partial charge in [-0.05, 0) is 36.8 Å². The van der Waals surface area contributed by atoms with Crippen molar-refractivity contribution in [2.45, 2.75) is 6.92 Å². The lowest BCUT2D eigenvalue weighted by atomic mass is 10.2. The van der Waals surface area contributed by atoms with Crippen LogP contribution in [-0.2, 0) is 0 Å². The highest BCUT2D eigenvalue weighted by molar-refractivity contribution is 6.04. The van der Waals surface area contributed by atoms with Gasteiger partial charge in [-0.25, -0.2) is 0 Å². The molecule has 2 aromatic heterocycles. The quantitative estimate of drug-likeness (QED) is 0.767. The fraction of sp³-hybridized carbons (Fsp3) is 0.0588. The van der Waals surface area contributed by atoms with Crippen molar-refractivity contribution in [3.8, 4) is 11.4 Å². The smallest absolute Gasteiger partial charge is 0.280 e. The molecule has 0 aliphatic rings. The molecule has 7 heteroatoms. The molecule has 0 saturated heterocycles. The zero-order chi connectivity index (χ0) is 17.1. The van der Waals surface area contributed by atoms with E-state index in [2.05, 4.69) is 15.4 Å². The molecule has 24 heavy (non-hydrogen) atoms. The van der Waals surface area contributed by atoms with Crippen LogP contribution in [0.5, 0.6) is 5.75 Å². The van der Waals surface area contributed by atoms with Gasteiger partial charge in [0.2, 0.25) is 0 Å². The predicted molar refractivity (Wildman–Crippen MR) is 88.4 cm³/mol. The normalized spacial score (nSPS) is 10.4. The Morgan fingerprint density at radius 2 is 2.04 bits per heavy atom. The number of anilines is 1. The molecule has 0 unspecified atom stereocenters. The monoisotopic (exact) mass is 322 g/mol. The van der Waals surface area contributed by atoms with Crippen LogP contribution >= 0.6 is 0 Å². The van der Waals surface area contributed by atoms with Gasteiger partial charge in [0.25, 0.3) is 11.5 Å². The molecular formula is C17H14N4O3. The van der Waals surface area contributed by atoms with Crippen LogP contribution < -0.4 is 10.9 Å². The molecule has 0 radical (unpaired) electrons. The summed E-state index contributed by atoms with van der Waals surface area (Å²) in [5, 5.41) is 16.5. The van der Waals surface area contributed by atoms with Gasteiger partial charge < -0.3 is 10.4 Å². The number of hydrogen-bond donors (Lipinski definition) is 2. The van der Waals surface area contributed by atoms with Crippen LogP contribution in [-0.4, -0.2) is 25.8 Å². The maximum Gasteiger partial charge on any atom is 0.280 e. The first-order chi connectivity index (χ1) is 11.5. The zero-order valence-electron chi connectivity index (χ0n) is 12.8. The minimum atomic E-state index is -0.637. The molecule has 0 bridgehead atoms. The van der Waals surface area contributed by atoms with Crippen molar-refractivity contribution in [3.63, 3.8) is 0 Å². The molecule has 0 aliphatic heterocycles. The van der Waals surface area contributed by atoms with Crippen LogP contribution in [0.1, 0.15) is 16.1 Å². The molecule has 0 saturated carbocycles. The molecule has 3 aromatic rings. The maximum absolute atomic E-state index is 12.3. The number of nitrogens with zero attached hydrogens (tertiary/aromatic N) is 3. The first-order valence-corrected chi connectivity index (χ1v) is 7.16. The number of pyridine rings is 1. The van der Waals surface area contributed by atoms with Gasteiger partial charge in [-0.1, -0.05) is 12.1 Å². The van der Waals surface area contributed by atoms with Crippen molar-refractivity contribution >= 4 is 11.6 Å². The van der Waals surface area contributed by atoms with Gasteiger partial charge in [0.05, 0.1) is 17.6 Å². The second-order valence-corrected chi connectivity index (χ2v) is 5.16. The molecule has 2 heterocycles. The van der Waals surface area contributed by atoms with Crippen molar-refractivity contribution in [1.82, 2.24) is 14.8 Å². The second kappa shape index (κ2) is 6.33. The van der Waals surface area contributed by atoms with E-state index < -0.39 is 17.2 Å². The van der Waals surface area contributed by atoms with E-state index in [0.717, 1.165) is 16.3 Å². The predicted octanol–water partition coefficient (Wildman–Crippen LogP) is 1.89. The third kappa shape index (κ3) is 3.14. The Hall–Kier alpha value is -3.48. The Morgan fingerprint density at radius 1 is 1.21 bits per heavy atom. The first kappa shape index (κ1) is 15.4. The van der Waals surface area contributed by atoms with E-state index in [1.165, 1.54) is 6.20 Å². The van der Waals surface area contributed by atoms with E-state index in [0.29, 0.717) is 11.4 Å². The minimum absolute atomic E-state index is 0.250. The maximum atomic E-state index is 12.3. The lowest BCUT2D eigenvalue weighted by molar-refractivity contribution is 0.101. The van der Waals surface area contributed by atoms with Gasteiger partial charge in [-0.2, -0.15) is 9.78 Å². The third-order valence-corrected chi connectivity index (χ3v) is 3.29. The summed E-state index contributed by atoms with van der Waals surface area (Å²) in [6.45, 7) is 1.88. The number of benzene rings is 1. The van der Waals surface area contributed by atoms with Crippen LogP contribution in [0.4, 0.5) is 5.69 Å². The van der Waals surface area contributed by atoms with Gasteiger partial charge in [0.15, 0.2) is 11.4 Å². The minimum Gasteiger partial charge on any atom is -0.505 e. The van der Waals surface area contributed by atoms with E-state index in [-0.39, 0.29) is 5.69 Å². The fourth-order valence-corrected chi connectivity index (χ4v) is 2.18. The number of aryl methyl sites for hydroxylation is 1. The summed E-state index contributed by atoms with van der Waals surface area (Å²) in [6, 6.07) is 11.4. The van der Waals surface area contributed by atoms with Crippen molar-refractivity contribution in [1.29, 1.82) is 0 Å². The second-order valence-electron chi connectivity index (χ2n) is 5.16. The molecule has 7 nitrogen and oxygen atoms in total. The number of aromatic hydroxyl groups is 1. The number of carbonyl (C=O) groups excluding carboxylic acids is 1. The van der Waals surface area contributed by atoms with Crippen molar-refractivity contribution in [2.24, 2.45) is 0 Å². The zero-order valence-corrected chi connectivity index (χ0v) is 12.8. The van der Waals surface area contributed by atoms with E-state index >= 15 is 0 Å². The highest BCUT2D eigenvalue weighted by atomic mass is 16.3. The number of rotatable bonds is 3. The molecule has 1 amide bonds. The van der Waals surface area contributed by atoms with Crippen LogP contribution in [0.15, 0.2) is 59.7 Å². The summed E-state index contributed by atoms with van der Waals surface area (Å²) in [4.78, 5) is 28.3. The molecule has 3 rings (SSSR count). The van der Waals surface area contributed by atoms with Gasteiger partial charge in [-0.15, -0.1) is 0 Å². The lowest BCUT2D eigenvalue weighted by Gasteiger charge is -2.09. The van der Waals surface area contributed by atoms with Crippen LogP contribution in [0, 0.1) is 6.92 Å². The van der Waals surface area contributed by atoms with Gasteiger partial charge in [0.1, 0.15) is 0 Å². The standard InChI is InChI=1S/C17H14N4O3/c1-11-4-2-6-13(8-11)21-15(23)9-14(22)16(20-21)17(24)19-12-5-3-7-18-10-12/h2-10,22H,1H3,(H,19,24). The van der Waals surface area contributed by atoms with Crippen molar-refractivity contribution < 1.29 is 9.90 Å². The van der Waals surface area contributed by atoms with Gasteiger partial charge in [-0.3, -0.25) is 14.6 Å². The lowest BCUT2D eigenvalue weighted by Crippen LogP contribution is -2.25.